The zero-order valence-corrected chi connectivity index (χ0v) is 10.8. The van der Waals surface area contributed by atoms with Crippen LogP contribution in [-0.2, 0) is 0 Å². The molecule has 2 atom stereocenters. The number of nitrogens with zero attached hydrogens (tertiary/aromatic N) is 1. The molecular weight excluding hydrogens is 216 g/mol. The van der Waals surface area contributed by atoms with Gasteiger partial charge in [-0.25, -0.2) is 0 Å². The minimum Gasteiger partial charge on any atom is -0.370 e. The minimum atomic E-state index is 0.338. The number of rotatable bonds is 3. The summed E-state index contributed by atoms with van der Waals surface area (Å²) in [6.45, 7) is 0. The average molecular weight is 236 g/mol. The van der Waals surface area contributed by atoms with Crippen LogP contribution in [0.1, 0.15) is 19.3 Å². The van der Waals surface area contributed by atoms with Gasteiger partial charge in [0.2, 0.25) is 0 Å². The third kappa shape index (κ3) is 2.36. The van der Waals surface area contributed by atoms with Crippen LogP contribution in [0.2, 0.25) is 0 Å². The van der Waals surface area contributed by atoms with Gasteiger partial charge in [-0.05, 0) is 49.8 Å². The van der Waals surface area contributed by atoms with Crippen molar-refractivity contribution in [3.05, 3.63) is 24.3 Å². The first-order valence-corrected chi connectivity index (χ1v) is 7.07. The molecule has 3 heteroatoms. The van der Waals surface area contributed by atoms with E-state index in [2.05, 4.69) is 42.5 Å². The molecule has 0 heterocycles. The lowest BCUT2D eigenvalue weighted by Gasteiger charge is -2.29. The first-order chi connectivity index (χ1) is 7.72. The van der Waals surface area contributed by atoms with Crippen LogP contribution in [0.3, 0.4) is 0 Å². The highest BCUT2D eigenvalue weighted by atomic mass is 32.2. The molecule has 0 aliphatic heterocycles. The van der Waals surface area contributed by atoms with Crippen LogP contribution < -0.4 is 10.6 Å². The molecule has 1 fully saturated rings. The fourth-order valence-electron chi connectivity index (χ4n) is 2.46. The molecule has 0 radical (unpaired) electrons. The number of nitrogens with two attached hydrogens (primary N) is 1. The maximum Gasteiger partial charge on any atom is 0.0437 e. The molecule has 0 amide bonds. The topological polar surface area (TPSA) is 29.3 Å². The summed E-state index contributed by atoms with van der Waals surface area (Å²) < 4.78 is 0. The summed E-state index contributed by atoms with van der Waals surface area (Å²) in [5.74, 6) is 0. The van der Waals surface area contributed by atoms with E-state index in [1.165, 1.54) is 23.4 Å². The molecule has 0 spiro atoms. The standard InChI is InChI=1S/C13H20N2S/c1-15(13-5-3-4-12(13)14)10-6-8-11(16-2)9-7-10/h6-9,12-13H,3-5,14H2,1-2H3. The summed E-state index contributed by atoms with van der Waals surface area (Å²) in [6.07, 6.45) is 5.75. The zero-order valence-electron chi connectivity index (χ0n) is 10.0. The predicted octanol–water partition coefficient (Wildman–Crippen LogP) is 2.72. The molecule has 1 saturated carbocycles. The maximum atomic E-state index is 6.13. The number of hydrogen-bond donors (Lipinski definition) is 1. The van der Waals surface area contributed by atoms with Crippen LogP contribution >= 0.6 is 11.8 Å². The summed E-state index contributed by atoms with van der Waals surface area (Å²) in [6, 6.07) is 9.59. The van der Waals surface area contributed by atoms with Gasteiger partial charge < -0.3 is 10.6 Å². The van der Waals surface area contributed by atoms with Crippen molar-refractivity contribution in [3.63, 3.8) is 0 Å². The fraction of sp³-hybridized carbons (Fsp3) is 0.538. The molecule has 2 rings (SSSR count). The van der Waals surface area contributed by atoms with Crippen LogP contribution in [-0.4, -0.2) is 25.4 Å². The third-order valence-corrected chi connectivity index (χ3v) is 4.25. The summed E-state index contributed by atoms with van der Waals surface area (Å²) in [4.78, 5) is 3.65. The highest BCUT2D eigenvalue weighted by Crippen LogP contribution is 2.27. The number of thioether (sulfide) groups is 1. The molecule has 1 aliphatic carbocycles. The zero-order chi connectivity index (χ0) is 11.5. The number of likely N-dealkylation sites (N-methyl/N-ethyl adjacent to an activating group) is 1. The fourth-order valence-corrected chi connectivity index (χ4v) is 2.87. The maximum absolute atomic E-state index is 6.13. The monoisotopic (exact) mass is 236 g/mol. The Kier molecular flexibility index (Phi) is 3.77. The van der Waals surface area contributed by atoms with Gasteiger partial charge in [0.05, 0.1) is 0 Å². The molecule has 2 unspecified atom stereocenters. The lowest BCUT2D eigenvalue weighted by molar-refractivity contribution is 0.572. The lowest BCUT2D eigenvalue weighted by atomic mass is 10.1. The van der Waals surface area contributed by atoms with E-state index in [1.807, 2.05) is 0 Å². The van der Waals surface area contributed by atoms with Crippen molar-refractivity contribution in [2.24, 2.45) is 5.73 Å². The molecule has 2 N–H and O–H groups in total. The SMILES string of the molecule is CSc1ccc(N(C)C2CCCC2N)cc1. The van der Waals surface area contributed by atoms with Gasteiger partial charge in [-0.2, -0.15) is 0 Å². The van der Waals surface area contributed by atoms with Crippen molar-refractivity contribution in [1.29, 1.82) is 0 Å². The van der Waals surface area contributed by atoms with Crippen molar-refractivity contribution in [2.45, 2.75) is 36.2 Å². The van der Waals surface area contributed by atoms with E-state index in [4.69, 9.17) is 5.73 Å². The molecule has 0 bridgehead atoms. The molecule has 16 heavy (non-hydrogen) atoms. The highest BCUT2D eigenvalue weighted by molar-refractivity contribution is 7.98. The highest BCUT2D eigenvalue weighted by Gasteiger charge is 2.27. The van der Waals surface area contributed by atoms with E-state index in [-0.39, 0.29) is 0 Å². The first-order valence-electron chi connectivity index (χ1n) is 5.85. The summed E-state index contributed by atoms with van der Waals surface area (Å²) >= 11 is 1.78. The van der Waals surface area contributed by atoms with Gasteiger partial charge >= 0.3 is 0 Å². The van der Waals surface area contributed by atoms with Gasteiger partial charge in [0.15, 0.2) is 0 Å². The van der Waals surface area contributed by atoms with Crippen LogP contribution in [0, 0.1) is 0 Å². The van der Waals surface area contributed by atoms with Gasteiger partial charge in [0.25, 0.3) is 0 Å². The summed E-state index contributed by atoms with van der Waals surface area (Å²) in [5.41, 5.74) is 7.41. The molecule has 88 valence electrons. The van der Waals surface area contributed by atoms with E-state index >= 15 is 0 Å². The van der Waals surface area contributed by atoms with Crippen LogP contribution in [0.5, 0.6) is 0 Å². The first kappa shape index (κ1) is 11.8. The van der Waals surface area contributed by atoms with Gasteiger partial charge in [-0.3, -0.25) is 0 Å². The Bertz CT molecular complexity index is 336. The second kappa shape index (κ2) is 5.11. The smallest absolute Gasteiger partial charge is 0.0437 e. The second-order valence-corrected chi connectivity index (χ2v) is 5.35. The van der Waals surface area contributed by atoms with Crippen molar-refractivity contribution in [2.75, 3.05) is 18.2 Å². The minimum absolute atomic E-state index is 0.338. The average Bonchev–Trinajstić information content (AvgIpc) is 2.75. The lowest BCUT2D eigenvalue weighted by Crippen LogP contribution is -2.42. The molecular formula is C13H20N2S. The molecule has 0 saturated heterocycles. The van der Waals surface area contributed by atoms with E-state index in [1.54, 1.807) is 11.8 Å². The van der Waals surface area contributed by atoms with Crippen molar-refractivity contribution in [1.82, 2.24) is 0 Å². The van der Waals surface area contributed by atoms with E-state index in [0.717, 1.165) is 6.42 Å². The Balaban J connectivity index is 2.10. The van der Waals surface area contributed by atoms with Crippen molar-refractivity contribution < 1.29 is 0 Å². The third-order valence-electron chi connectivity index (χ3n) is 3.51. The molecule has 1 aliphatic rings. The second-order valence-electron chi connectivity index (χ2n) is 4.47. The van der Waals surface area contributed by atoms with Gasteiger partial charge in [-0.1, -0.05) is 0 Å². The number of anilines is 1. The summed E-state index contributed by atoms with van der Waals surface area (Å²) in [5, 5.41) is 0. The van der Waals surface area contributed by atoms with Crippen LogP contribution in [0.25, 0.3) is 0 Å². The van der Waals surface area contributed by atoms with Gasteiger partial charge in [-0.15, -0.1) is 11.8 Å². The Hall–Kier alpha value is -0.670. The molecule has 0 aromatic heterocycles. The number of hydrogen-bond acceptors (Lipinski definition) is 3. The number of benzene rings is 1. The molecule has 2 nitrogen and oxygen atoms in total. The van der Waals surface area contributed by atoms with Gasteiger partial charge in [0, 0.05) is 29.7 Å². The van der Waals surface area contributed by atoms with E-state index < -0.39 is 0 Å². The van der Waals surface area contributed by atoms with E-state index in [0.29, 0.717) is 12.1 Å². The Labute approximate surface area is 102 Å². The van der Waals surface area contributed by atoms with Crippen LogP contribution in [0.15, 0.2) is 29.2 Å². The van der Waals surface area contributed by atoms with Crippen molar-refractivity contribution in [3.8, 4) is 0 Å². The molecule has 1 aromatic rings. The van der Waals surface area contributed by atoms with Crippen molar-refractivity contribution >= 4 is 17.4 Å². The molecule has 1 aromatic carbocycles. The Morgan fingerprint density at radius 2 is 1.94 bits per heavy atom. The van der Waals surface area contributed by atoms with Crippen LogP contribution in [0.4, 0.5) is 5.69 Å². The summed E-state index contributed by atoms with van der Waals surface area (Å²) in [7, 11) is 2.16. The Morgan fingerprint density at radius 1 is 1.25 bits per heavy atom. The largest absolute Gasteiger partial charge is 0.370 e. The van der Waals surface area contributed by atoms with E-state index in [9.17, 15) is 0 Å². The quantitative estimate of drug-likeness (QED) is 0.818. The van der Waals surface area contributed by atoms with Gasteiger partial charge in [0.1, 0.15) is 0 Å². The normalized spacial score (nSPS) is 24.7. The predicted molar refractivity (Wildman–Crippen MR) is 72.2 cm³/mol. The Morgan fingerprint density at radius 3 is 2.44 bits per heavy atom.